The number of carbonyl (C=O) groups excluding carboxylic acids is 1. The van der Waals surface area contributed by atoms with Gasteiger partial charge in [0.1, 0.15) is 5.75 Å². The van der Waals surface area contributed by atoms with Crippen molar-refractivity contribution in [3.8, 4) is 5.75 Å². The molecule has 0 aliphatic carbocycles. The zero-order chi connectivity index (χ0) is 21.4. The minimum atomic E-state index is -4.55. The highest BCUT2D eigenvalue weighted by atomic mass is 32.1. The topological polar surface area (TPSA) is 55.6 Å². The molecule has 9 heteroatoms. The van der Waals surface area contributed by atoms with Crippen LogP contribution in [0.25, 0.3) is 0 Å². The van der Waals surface area contributed by atoms with Crippen LogP contribution in [0.4, 0.5) is 13.2 Å². The highest BCUT2D eigenvalue weighted by Gasteiger charge is 2.32. The van der Waals surface area contributed by atoms with Gasteiger partial charge in [-0.25, -0.2) is 0 Å². The lowest BCUT2D eigenvalue weighted by Gasteiger charge is -2.27. The van der Waals surface area contributed by atoms with E-state index in [0.29, 0.717) is 17.3 Å². The van der Waals surface area contributed by atoms with Crippen LogP contribution in [0.15, 0.2) is 29.4 Å². The maximum Gasteiger partial charge on any atom is 0.416 e. The molecule has 1 N–H and O–H groups in total. The maximum absolute atomic E-state index is 13.1. The first-order valence-corrected chi connectivity index (χ1v) is 10.1. The van der Waals surface area contributed by atoms with Gasteiger partial charge in [-0.3, -0.25) is 4.79 Å². The van der Waals surface area contributed by atoms with Crippen molar-refractivity contribution in [1.82, 2.24) is 9.88 Å². The number of nitrogens with one attached hydrogen (secondary N) is 1. The zero-order valence-electron chi connectivity index (χ0n) is 16.8. The molecule has 1 aliphatic heterocycles. The van der Waals surface area contributed by atoms with E-state index < -0.39 is 17.6 Å². The van der Waals surface area contributed by atoms with Gasteiger partial charge in [-0.2, -0.15) is 18.2 Å². The molecule has 5 nitrogen and oxygen atoms in total. The molecule has 1 amide bonds. The van der Waals surface area contributed by atoms with E-state index in [1.54, 1.807) is 0 Å². The van der Waals surface area contributed by atoms with Crippen LogP contribution in [-0.2, 0) is 18.1 Å². The maximum atomic E-state index is 13.1. The van der Waals surface area contributed by atoms with Gasteiger partial charge in [-0.15, -0.1) is 11.3 Å². The lowest BCUT2D eigenvalue weighted by atomic mass is 9.95. The molecule has 1 aliphatic rings. The first kappa shape index (κ1) is 21.6. The first-order valence-electron chi connectivity index (χ1n) is 9.25. The van der Waals surface area contributed by atoms with Gasteiger partial charge >= 0.3 is 6.18 Å². The third-order valence-electron chi connectivity index (χ3n) is 4.73. The van der Waals surface area contributed by atoms with E-state index in [1.165, 1.54) is 18.4 Å². The van der Waals surface area contributed by atoms with Crippen molar-refractivity contribution in [3.05, 3.63) is 45.2 Å². The quantitative estimate of drug-likeness (QED) is 0.807. The third kappa shape index (κ3) is 4.90. The number of aromatic nitrogens is 1. The summed E-state index contributed by atoms with van der Waals surface area (Å²) in [5, 5.41) is 3.21. The molecule has 29 heavy (non-hydrogen) atoms. The fourth-order valence-electron chi connectivity index (χ4n) is 2.90. The van der Waals surface area contributed by atoms with Crippen molar-refractivity contribution in [2.75, 3.05) is 20.2 Å². The second kappa shape index (κ2) is 7.95. The normalized spacial score (nSPS) is 16.0. The number of benzene rings is 1. The highest BCUT2D eigenvalue weighted by molar-refractivity contribution is 7.09. The number of alkyl halides is 3. The Kier molecular flexibility index (Phi) is 5.91. The molecule has 3 rings (SSSR count). The van der Waals surface area contributed by atoms with Crippen LogP contribution in [0.5, 0.6) is 5.75 Å². The average molecular weight is 427 g/mol. The highest BCUT2D eigenvalue weighted by Crippen LogP contribution is 2.33. The Morgan fingerprint density at radius 1 is 1.31 bits per heavy atom. The number of nitrogens with zero attached hydrogens (tertiary/aromatic N) is 2. The van der Waals surface area contributed by atoms with Crippen molar-refractivity contribution in [3.63, 3.8) is 0 Å². The minimum absolute atomic E-state index is 0.0640. The van der Waals surface area contributed by atoms with E-state index in [0.717, 1.165) is 36.2 Å². The largest absolute Gasteiger partial charge is 0.496 e. The van der Waals surface area contributed by atoms with Gasteiger partial charge in [0, 0.05) is 36.6 Å². The molecule has 2 heterocycles. The summed E-state index contributed by atoms with van der Waals surface area (Å²) in [5.74, 6) is -0.251. The van der Waals surface area contributed by atoms with E-state index in [-0.39, 0.29) is 16.7 Å². The Morgan fingerprint density at radius 2 is 2.00 bits per heavy atom. The molecule has 0 radical (unpaired) electrons. The summed E-state index contributed by atoms with van der Waals surface area (Å²) in [6.07, 6.45) is -2.57. The van der Waals surface area contributed by atoms with E-state index in [1.807, 2.05) is 10.8 Å². The van der Waals surface area contributed by atoms with Crippen LogP contribution in [0.2, 0.25) is 0 Å². The van der Waals surface area contributed by atoms with Gasteiger partial charge in [-0.05, 0) is 23.6 Å². The molecule has 1 aromatic carbocycles. The van der Waals surface area contributed by atoms with Gasteiger partial charge in [0.05, 0.1) is 18.2 Å². The molecule has 0 saturated carbocycles. The fraction of sp³-hybridized carbons (Fsp3) is 0.500. The van der Waals surface area contributed by atoms with Crippen molar-refractivity contribution in [2.45, 2.75) is 38.9 Å². The molecule has 1 fully saturated rings. The fourth-order valence-corrected chi connectivity index (χ4v) is 3.95. The number of amides is 1. The molecule has 158 valence electrons. The Hall–Kier alpha value is -2.13. The monoisotopic (exact) mass is 427 g/mol. The second-order valence-corrected chi connectivity index (χ2v) is 9.14. The van der Waals surface area contributed by atoms with Crippen molar-refractivity contribution in [1.29, 1.82) is 0 Å². The summed E-state index contributed by atoms with van der Waals surface area (Å²) in [4.78, 5) is 18.5. The standard InChI is InChI=1S/C20H24F3N3O2S/c1-19(2,3)16-11-26(10-12-8-24-9-12)18(29-16)25-17(27)14-7-13(20(21,22)23)5-6-15(14)28-4/h5-7,11-12,24H,8-10H2,1-4H3. The van der Waals surface area contributed by atoms with Crippen LogP contribution in [0.1, 0.15) is 41.6 Å². The molecule has 0 bridgehead atoms. The van der Waals surface area contributed by atoms with Crippen molar-refractivity contribution in [2.24, 2.45) is 10.9 Å². The van der Waals surface area contributed by atoms with Crippen LogP contribution in [0.3, 0.4) is 0 Å². The number of hydrogen-bond acceptors (Lipinski definition) is 4. The average Bonchev–Trinajstić information content (AvgIpc) is 2.99. The lowest BCUT2D eigenvalue weighted by Crippen LogP contribution is -2.45. The molecule has 2 aromatic rings. The Morgan fingerprint density at radius 3 is 2.52 bits per heavy atom. The molecule has 1 aromatic heterocycles. The number of rotatable bonds is 4. The molecule has 0 spiro atoms. The number of thiazole rings is 1. The SMILES string of the molecule is COc1ccc(C(F)(F)F)cc1C(=O)N=c1sc(C(C)(C)C)cn1CC1CNC1. The molecular weight excluding hydrogens is 403 g/mol. The Balaban J connectivity index is 2.05. The predicted molar refractivity (Wildman–Crippen MR) is 105 cm³/mol. The van der Waals surface area contributed by atoms with Crippen molar-refractivity contribution < 1.29 is 22.7 Å². The van der Waals surface area contributed by atoms with E-state index in [9.17, 15) is 18.0 Å². The third-order valence-corrected chi connectivity index (χ3v) is 6.18. The Labute approximate surface area is 171 Å². The summed E-state index contributed by atoms with van der Waals surface area (Å²) < 4.78 is 46.3. The number of carbonyl (C=O) groups is 1. The molecule has 0 atom stereocenters. The van der Waals surface area contributed by atoms with E-state index >= 15 is 0 Å². The van der Waals surface area contributed by atoms with E-state index in [2.05, 4.69) is 31.1 Å². The first-order chi connectivity index (χ1) is 13.5. The number of hydrogen-bond donors (Lipinski definition) is 1. The van der Waals surface area contributed by atoms with E-state index in [4.69, 9.17) is 4.74 Å². The Bertz CT molecular complexity index is 967. The number of methoxy groups -OCH3 is 1. The smallest absolute Gasteiger partial charge is 0.416 e. The number of halogens is 3. The second-order valence-electron chi connectivity index (χ2n) is 8.13. The van der Waals surface area contributed by atoms with Gasteiger partial charge in [0.25, 0.3) is 5.91 Å². The summed E-state index contributed by atoms with van der Waals surface area (Å²) in [7, 11) is 1.31. The van der Waals surface area contributed by atoms with Crippen molar-refractivity contribution >= 4 is 17.2 Å². The molecule has 0 unspecified atom stereocenters. The van der Waals surface area contributed by atoms with Gasteiger partial charge in [0.2, 0.25) is 0 Å². The lowest BCUT2D eigenvalue weighted by molar-refractivity contribution is -0.137. The van der Waals surface area contributed by atoms with Gasteiger partial charge in [-0.1, -0.05) is 20.8 Å². The minimum Gasteiger partial charge on any atom is -0.496 e. The summed E-state index contributed by atoms with van der Waals surface area (Å²) in [6, 6.07) is 2.83. The summed E-state index contributed by atoms with van der Waals surface area (Å²) in [6.45, 7) is 8.68. The molecular formula is C20H24F3N3O2S. The zero-order valence-corrected chi connectivity index (χ0v) is 17.6. The summed E-state index contributed by atoms with van der Waals surface area (Å²) in [5.41, 5.74) is -1.24. The van der Waals surface area contributed by atoms with Gasteiger partial charge < -0.3 is 14.6 Å². The number of ether oxygens (including phenoxy) is 1. The van der Waals surface area contributed by atoms with Crippen LogP contribution >= 0.6 is 11.3 Å². The molecule has 1 saturated heterocycles. The van der Waals surface area contributed by atoms with Crippen LogP contribution in [0, 0.1) is 5.92 Å². The van der Waals surface area contributed by atoms with Crippen LogP contribution < -0.4 is 14.9 Å². The van der Waals surface area contributed by atoms with Crippen LogP contribution in [-0.4, -0.2) is 30.7 Å². The predicted octanol–water partition coefficient (Wildman–Crippen LogP) is 3.84. The van der Waals surface area contributed by atoms with Gasteiger partial charge in [0.15, 0.2) is 4.80 Å². The summed E-state index contributed by atoms with van der Waals surface area (Å²) >= 11 is 1.38.